The van der Waals surface area contributed by atoms with Crippen LogP contribution in [-0.4, -0.2) is 49.4 Å². The molecule has 2 bridgehead atoms. The molecule has 6 rings (SSSR count). The largest absolute Gasteiger partial charge is 0.369 e. The number of amides is 2. The van der Waals surface area contributed by atoms with Crippen LogP contribution in [0.1, 0.15) is 69.3 Å². The number of piperidine rings is 1. The van der Waals surface area contributed by atoms with Crippen molar-refractivity contribution in [1.82, 2.24) is 10.2 Å². The first-order valence-electron chi connectivity index (χ1n) is 12.0. The average Bonchev–Trinajstić information content (AvgIpc) is 2.80. The molecule has 1 aromatic rings. The van der Waals surface area contributed by atoms with Crippen LogP contribution in [0.5, 0.6) is 0 Å². The number of hydrogen-bond donors (Lipinski definition) is 1. The highest BCUT2D eigenvalue weighted by Crippen LogP contribution is 2.52. The molecule has 1 unspecified atom stereocenters. The van der Waals surface area contributed by atoms with Crippen molar-refractivity contribution in [2.24, 2.45) is 11.3 Å². The number of piperazine rings is 1. The molecule has 1 atom stereocenters. The van der Waals surface area contributed by atoms with Gasteiger partial charge in [-0.05, 0) is 86.9 Å². The van der Waals surface area contributed by atoms with Crippen LogP contribution in [0.4, 0.5) is 5.69 Å². The predicted octanol–water partition coefficient (Wildman–Crippen LogP) is 3.69. The first-order chi connectivity index (χ1) is 14.6. The van der Waals surface area contributed by atoms with Gasteiger partial charge in [0.05, 0.1) is 5.92 Å². The summed E-state index contributed by atoms with van der Waals surface area (Å²) in [6, 6.07) is 8.43. The molecule has 1 aromatic carbocycles. The normalized spacial score (nSPS) is 32.3. The van der Waals surface area contributed by atoms with Crippen molar-refractivity contribution >= 4 is 17.5 Å². The van der Waals surface area contributed by atoms with Gasteiger partial charge in [0.1, 0.15) is 0 Å². The molecule has 2 amide bonds. The van der Waals surface area contributed by atoms with E-state index < -0.39 is 0 Å². The number of benzene rings is 1. The van der Waals surface area contributed by atoms with Crippen LogP contribution in [0, 0.1) is 11.3 Å². The second-order valence-electron chi connectivity index (χ2n) is 10.2. The van der Waals surface area contributed by atoms with Gasteiger partial charge < -0.3 is 4.90 Å². The van der Waals surface area contributed by atoms with Crippen molar-refractivity contribution in [3.63, 3.8) is 0 Å². The van der Waals surface area contributed by atoms with E-state index in [1.807, 2.05) is 0 Å². The van der Waals surface area contributed by atoms with Gasteiger partial charge in [-0.2, -0.15) is 0 Å². The van der Waals surface area contributed by atoms with Gasteiger partial charge in [-0.15, -0.1) is 0 Å². The van der Waals surface area contributed by atoms with E-state index in [1.165, 1.54) is 57.2 Å². The lowest BCUT2D eigenvalue weighted by Gasteiger charge is -2.48. The summed E-state index contributed by atoms with van der Waals surface area (Å²) in [4.78, 5) is 28.6. The summed E-state index contributed by atoms with van der Waals surface area (Å²) in [5.41, 5.74) is 2.94. The smallest absolute Gasteiger partial charge is 0.234 e. The molecule has 3 saturated carbocycles. The Labute approximate surface area is 180 Å². The highest BCUT2D eigenvalue weighted by molar-refractivity contribution is 6.00. The lowest BCUT2D eigenvalue weighted by Crippen LogP contribution is -2.48. The SMILES string of the molecule is O=C1CCC(c2ccc(N3CCN(CCC45CCC(CC4)CC5)CC3)cc2)C(=O)N1. The lowest BCUT2D eigenvalue weighted by molar-refractivity contribution is -0.134. The molecule has 2 saturated heterocycles. The number of anilines is 1. The third-order valence-corrected chi connectivity index (χ3v) is 8.48. The molecule has 2 heterocycles. The molecule has 3 aliphatic carbocycles. The summed E-state index contributed by atoms with van der Waals surface area (Å²) in [5, 5.41) is 2.46. The van der Waals surface area contributed by atoms with E-state index in [9.17, 15) is 9.59 Å². The number of imide groups is 1. The molecule has 5 heteroatoms. The number of nitrogens with zero attached hydrogens (tertiary/aromatic N) is 2. The van der Waals surface area contributed by atoms with Crippen molar-refractivity contribution in [1.29, 1.82) is 0 Å². The van der Waals surface area contributed by atoms with Gasteiger partial charge in [-0.3, -0.25) is 19.8 Å². The summed E-state index contributed by atoms with van der Waals surface area (Å²) in [6.45, 7) is 5.72. The van der Waals surface area contributed by atoms with E-state index in [1.54, 1.807) is 0 Å². The number of carbonyl (C=O) groups excluding carboxylic acids is 2. The van der Waals surface area contributed by atoms with E-state index >= 15 is 0 Å². The Morgan fingerprint density at radius 1 is 0.900 bits per heavy atom. The Bertz CT molecular complexity index is 760. The Balaban J connectivity index is 1.11. The van der Waals surface area contributed by atoms with E-state index in [0.717, 1.165) is 37.7 Å². The third-order valence-electron chi connectivity index (χ3n) is 8.48. The highest BCUT2D eigenvalue weighted by atomic mass is 16.2. The molecule has 0 aromatic heterocycles. The summed E-state index contributed by atoms with van der Waals surface area (Å²) >= 11 is 0. The fourth-order valence-electron chi connectivity index (χ4n) is 6.27. The maximum atomic E-state index is 12.1. The minimum absolute atomic E-state index is 0.151. The van der Waals surface area contributed by atoms with Crippen molar-refractivity contribution in [3.05, 3.63) is 29.8 Å². The maximum Gasteiger partial charge on any atom is 0.234 e. The molecule has 162 valence electrons. The van der Waals surface area contributed by atoms with Crippen LogP contribution in [0.3, 0.4) is 0 Å². The molecule has 5 fully saturated rings. The zero-order chi connectivity index (χ0) is 20.6. The van der Waals surface area contributed by atoms with Crippen LogP contribution >= 0.6 is 0 Å². The van der Waals surface area contributed by atoms with Gasteiger partial charge in [0.15, 0.2) is 0 Å². The molecule has 1 N–H and O–H groups in total. The standard InChI is InChI=1S/C25H35N3O2/c29-23-6-5-22(24(30)26-23)20-1-3-21(4-2-20)28-17-15-27(16-18-28)14-13-25-10-7-19(8-11-25)9-12-25/h1-4,19,22H,5-18H2,(H,26,29,30). The van der Waals surface area contributed by atoms with E-state index in [-0.39, 0.29) is 17.7 Å². The molecular formula is C25H35N3O2. The van der Waals surface area contributed by atoms with Crippen LogP contribution in [-0.2, 0) is 9.59 Å². The van der Waals surface area contributed by atoms with Gasteiger partial charge >= 0.3 is 0 Å². The number of rotatable bonds is 5. The topological polar surface area (TPSA) is 52.7 Å². The lowest BCUT2D eigenvalue weighted by atomic mass is 9.59. The average molecular weight is 410 g/mol. The zero-order valence-electron chi connectivity index (χ0n) is 18.1. The summed E-state index contributed by atoms with van der Waals surface area (Å²) < 4.78 is 0. The first-order valence-corrected chi connectivity index (χ1v) is 12.0. The molecule has 5 nitrogen and oxygen atoms in total. The maximum absolute atomic E-state index is 12.1. The van der Waals surface area contributed by atoms with Crippen LogP contribution in [0.2, 0.25) is 0 Å². The van der Waals surface area contributed by atoms with Crippen molar-refractivity contribution in [3.8, 4) is 0 Å². The van der Waals surface area contributed by atoms with E-state index in [4.69, 9.17) is 0 Å². The second kappa shape index (κ2) is 8.33. The Morgan fingerprint density at radius 2 is 1.57 bits per heavy atom. The Morgan fingerprint density at radius 3 is 2.20 bits per heavy atom. The Kier molecular flexibility index (Phi) is 5.57. The third kappa shape index (κ3) is 4.14. The molecule has 2 aliphatic heterocycles. The van der Waals surface area contributed by atoms with E-state index in [2.05, 4.69) is 39.4 Å². The van der Waals surface area contributed by atoms with Gasteiger partial charge in [0.2, 0.25) is 11.8 Å². The summed E-state index contributed by atoms with van der Waals surface area (Å²) in [6.07, 6.45) is 11.4. The van der Waals surface area contributed by atoms with Crippen molar-refractivity contribution in [2.45, 2.75) is 63.7 Å². The quantitative estimate of drug-likeness (QED) is 0.754. The highest BCUT2D eigenvalue weighted by Gasteiger charge is 2.40. The van der Waals surface area contributed by atoms with Crippen LogP contribution in [0.15, 0.2) is 24.3 Å². The zero-order valence-corrected chi connectivity index (χ0v) is 18.1. The number of nitrogens with one attached hydrogen (secondary N) is 1. The summed E-state index contributed by atoms with van der Waals surface area (Å²) in [7, 11) is 0. The molecular weight excluding hydrogens is 374 g/mol. The fourth-order valence-corrected chi connectivity index (χ4v) is 6.27. The molecule has 0 radical (unpaired) electrons. The van der Waals surface area contributed by atoms with Crippen LogP contribution < -0.4 is 10.2 Å². The van der Waals surface area contributed by atoms with Gasteiger partial charge in [-0.1, -0.05) is 12.1 Å². The number of fused-ring (bicyclic) bond motifs is 3. The fraction of sp³-hybridized carbons (Fsp3) is 0.680. The molecule has 5 aliphatic rings. The minimum Gasteiger partial charge on any atom is -0.369 e. The van der Waals surface area contributed by atoms with Gasteiger partial charge in [-0.25, -0.2) is 0 Å². The van der Waals surface area contributed by atoms with Gasteiger partial charge in [0, 0.05) is 38.3 Å². The second-order valence-corrected chi connectivity index (χ2v) is 10.2. The van der Waals surface area contributed by atoms with Crippen LogP contribution in [0.25, 0.3) is 0 Å². The molecule has 30 heavy (non-hydrogen) atoms. The summed E-state index contributed by atoms with van der Waals surface area (Å²) in [5.74, 6) is 0.555. The van der Waals surface area contributed by atoms with Crippen molar-refractivity contribution < 1.29 is 9.59 Å². The van der Waals surface area contributed by atoms with E-state index in [0.29, 0.717) is 18.3 Å². The Hall–Kier alpha value is -1.88. The first kappa shape index (κ1) is 20.0. The molecule has 0 spiro atoms. The number of carbonyl (C=O) groups is 2. The van der Waals surface area contributed by atoms with Crippen molar-refractivity contribution in [2.75, 3.05) is 37.6 Å². The minimum atomic E-state index is -0.192. The van der Waals surface area contributed by atoms with Gasteiger partial charge in [0.25, 0.3) is 0 Å². The number of hydrogen-bond acceptors (Lipinski definition) is 4. The predicted molar refractivity (Wildman–Crippen MR) is 118 cm³/mol. The monoisotopic (exact) mass is 409 g/mol.